The zero-order valence-electron chi connectivity index (χ0n) is 10.0. The lowest BCUT2D eigenvalue weighted by atomic mass is 10.2. The first-order valence-corrected chi connectivity index (χ1v) is 6.02. The van der Waals surface area contributed by atoms with Crippen molar-refractivity contribution in [2.75, 3.05) is 0 Å². The van der Waals surface area contributed by atoms with Gasteiger partial charge in [-0.25, -0.2) is 0 Å². The molecule has 2 rings (SSSR count). The minimum absolute atomic E-state index is 0.00714. The van der Waals surface area contributed by atoms with Gasteiger partial charge in [0.15, 0.2) is 5.75 Å². The van der Waals surface area contributed by atoms with Gasteiger partial charge in [-0.2, -0.15) is 5.26 Å². The minimum Gasteiger partial charge on any atom is -0.483 e. The number of nitriles is 1. The highest BCUT2D eigenvalue weighted by Gasteiger charge is 2.04. The van der Waals surface area contributed by atoms with Crippen molar-refractivity contribution in [1.29, 1.82) is 5.26 Å². The molecule has 2 aromatic rings. The van der Waals surface area contributed by atoms with E-state index in [4.69, 9.17) is 21.6 Å². The molecular formula is C14H11ClN2O2. The Labute approximate surface area is 115 Å². The maximum absolute atomic E-state index is 11.9. The van der Waals surface area contributed by atoms with Gasteiger partial charge in [0.2, 0.25) is 0 Å². The van der Waals surface area contributed by atoms with Gasteiger partial charge >= 0.3 is 0 Å². The van der Waals surface area contributed by atoms with Gasteiger partial charge in [-0.05, 0) is 29.8 Å². The Morgan fingerprint density at radius 3 is 2.89 bits per heavy atom. The van der Waals surface area contributed by atoms with E-state index < -0.39 is 0 Å². The number of hydrogen-bond donors (Lipinski definition) is 0. The van der Waals surface area contributed by atoms with Crippen LogP contribution in [-0.4, -0.2) is 4.57 Å². The Hall–Kier alpha value is -2.25. The maximum atomic E-state index is 11.9. The van der Waals surface area contributed by atoms with Crippen LogP contribution in [0.1, 0.15) is 5.56 Å². The molecule has 4 nitrogen and oxygen atoms in total. The fraction of sp³-hybridized carbons (Fsp3) is 0.143. The molecule has 5 heteroatoms. The summed E-state index contributed by atoms with van der Waals surface area (Å²) in [6.45, 7) is 0.263. The largest absolute Gasteiger partial charge is 0.483 e. The highest BCUT2D eigenvalue weighted by atomic mass is 35.5. The van der Waals surface area contributed by atoms with Gasteiger partial charge in [0.25, 0.3) is 5.56 Å². The summed E-state index contributed by atoms with van der Waals surface area (Å²) in [7, 11) is 0. The van der Waals surface area contributed by atoms with E-state index in [-0.39, 0.29) is 24.5 Å². The smallest absolute Gasteiger partial charge is 0.293 e. The second-order valence-corrected chi connectivity index (χ2v) is 4.32. The molecule has 0 atom stereocenters. The fourth-order valence-corrected chi connectivity index (χ4v) is 1.83. The lowest BCUT2D eigenvalue weighted by Gasteiger charge is -2.07. The third-order valence-electron chi connectivity index (χ3n) is 2.51. The summed E-state index contributed by atoms with van der Waals surface area (Å²) in [6.07, 6.45) is 1.55. The van der Waals surface area contributed by atoms with E-state index in [2.05, 4.69) is 0 Å². The van der Waals surface area contributed by atoms with Crippen molar-refractivity contribution in [2.24, 2.45) is 0 Å². The van der Waals surface area contributed by atoms with Crippen molar-refractivity contribution in [3.8, 4) is 11.8 Å². The normalized spacial score (nSPS) is 9.89. The first-order valence-electron chi connectivity index (χ1n) is 5.64. The molecule has 0 aliphatic rings. The van der Waals surface area contributed by atoms with Crippen LogP contribution in [0.3, 0.4) is 0 Å². The van der Waals surface area contributed by atoms with Gasteiger partial charge in [-0.1, -0.05) is 23.7 Å². The molecule has 0 saturated heterocycles. The summed E-state index contributed by atoms with van der Waals surface area (Å²) < 4.78 is 6.76. The molecule has 0 aliphatic carbocycles. The molecule has 0 unspecified atom stereocenters. The van der Waals surface area contributed by atoms with Crippen LogP contribution < -0.4 is 10.3 Å². The van der Waals surface area contributed by atoms with E-state index in [0.717, 1.165) is 5.56 Å². The van der Waals surface area contributed by atoms with Crippen molar-refractivity contribution >= 4 is 11.6 Å². The van der Waals surface area contributed by atoms with Crippen LogP contribution in [0.5, 0.6) is 5.75 Å². The highest BCUT2D eigenvalue weighted by molar-refractivity contribution is 6.30. The summed E-state index contributed by atoms with van der Waals surface area (Å²) in [5.41, 5.74) is 0.564. The quantitative estimate of drug-likeness (QED) is 0.861. The SMILES string of the molecule is N#CCn1cccc(OCc2cccc(Cl)c2)c1=O. The molecular weight excluding hydrogens is 264 g/mol. The Morgan fingerprint density at radius 2 is 2.16 bits per heavy atom. The van der Waals surface area contributed by atoms with E-state index >= 15 is 0 Å². The first kappa shape index (κ1) is 13.2. The molecule has 1 heterocycles. The Bertz CT molecular complexity index is 674. The number of ether oxygens (including phenoxy) is 1. The molecule has 19 heavy (non-hydrogen) atoms. The number of hydrogen-bond acceptors (Lipinski definition) is 3. The van der Waals surface area contributed by atoms with Crippen LogP contribution >= 0.6 is 11.6 Å². The summed E-state index contributed by atoms with van der Waals surface area (Å²) in [4.78, 5) is 11.9. The highest BCUT2D eigenvalue weighted by Crippen LogP contribution is 2.12. The number of nitrogens with zero attached hydrogens (tertiary/aromatic N) is 2. The molecule has 0 bridgehead atoms. The molecule has 0 spiro atoms. The van der Waals surface area contributed by atoms with E-state index in [9.17, 15) is 4.79 Å². The number of aromatic nitrogens is 1. The number of halogens is 1. The van der Waals surface area contributed by atoms with Crippen LogP contribution in [0.15, 0.2) is 47.4 Å². The predicted molar refractivity (Wildman–Crippen MR) is 72.1 cm³/mol. The van der Waals surface area contributed by atoms with E-state index in [1.807, 2.05) is 18.2 Å². The molecule has 0 radical (unpaired) electrons. The van der Waals surface area contributed by atoms with Crippen molar-refractivity contribution < 1.29 is 4.74 Å². The standard InChI is InChI=1S/C14H11ClN2O2/c15-12-4-1-3-11(9-12)10-19-13-5-2-7-17(8-6-16)14(13)18/h1-5,7,9H,8,10H2. The molecule has 96 valence electrons. The first-order chi connectivity index (χ1) is 9.20. The molecule has 0 amide bonds. The molecule has 0 aliphatic heterocycles. The monoisotopic (exact) mass is 274 g/mol. The minimum atomic E-state index is -0.314. The second kappa shape index (κ2) is 6.07. The van der Waals surface area contributed by atoms with Crippen molar-refractivity contribution in [1.82, 2.24) is 4.57 Å². The van der Waals surface area contributed by atoms with Crippen LogP contribution in [-0.2, 0) is 13.2 Å². The van der Waals surface area contributed by atoms with Crippen molar-refractivity contribution in [2.45, 2.75) is 13.2 Å². The predicted octanol–water partition coefficient (Wildman–Crippen LogP) is 2.60. The summed E-state index contributed by atoms with van der Waals surface area (Å²) in [5, 5.41) is 9.23. The summed E-state index contributed by atoms with van der Waals surface area (Å²) in [6, 6.07) is 12.4. The number of benzene rings is 1. The van der Waals surface area contributed by atoms with Gasteiger partial charge < -0.3 is 4.74 Å². The lowest BCUT2D eigenvalue weighted by molar-refractivity contribution is 0.299. The molecule has 0 N–H and O–H groups in total. The third kappa shape index (κ3) is 3.36. The molecule has 1 aromatic heterocycles. The van der Waals surface area contributed by atoms with Crippen LogP contribution in [0.25, 0.3) is 0 Å². The average Bonchev–Trinajstić information content (AvgIpc) is 2.40. The Morgan fingerprint density at radius 1 is 1.32 bits per heavy atom. The van der Waals surface area contributed by atoms with E-state index in [1.165, 1.54) is 4.57 Å². The average molecular weight is 275 g/mol. The topological polar surface area (TPSA) is 55.0 Å². The van der Waals surface area contributed by atoms with Gasteiger partial charge in [0.05, 0.1) is 6.07 Å². The summed E-state index contributed by atoms with van der Waals surface area (Å²) >= 11 is 5.87. The van der Waals surface area contributed by atoms with Gasteiger partial charge in [0, 0.05) is 11.2 Å². The van der Waals surface area contributed by atoms with Crippen LogP contribution in [0, 0.1) is 11.3 Å². The summed E-state index contributed by atoms with van der Waals surface area (Å²) in [5.74, 6) is 0.220. The van der Waals surface area contributed by atoms with Crippen LogP contribution in [0.4, 0.5) is 0 Å². The van der Waals surface area contributed by atoms with Crippen molar-refractivity contribution in [3.05, 3.63) is 63.5 Å². The number of pyridine rings is 1. The number of rotatable bonds is 4. The van der Waals surface area contributed by atoms with Crippen LogP contribution in [0.2, 0.25) is 5.02 Å². The van der Waals surface area contributed by atoms with E-state index in [0.29, 0.717) is 5.02 Å². The molecule has 1 aromatic carbocycles. The maximum Gasteiger partial charge on any atom is 0.293 e. The Balaban J connectivity index is 2.14. The second-order valence-electron chi connectivity index (χ2n) is 3.88. The Kier molecular flexibility index (Phi) is 4.22. The van der Waals surface area contributed by atoms with E-state index in [1.54, 1.807) is 30.5 Å². The van der Waals surface area contributed by atoms with Crippen molar-refractivity contribution in [3.63, 3.8) is 0 Å². The lowest BCUT2D eigenvalue weighted by Crippen LogP contribution is -2.20. The third-order valence-corrected chi connectivity index (χ3v) is 2.74. The van der Waals surface area contributed by atoms with Gasteiger partial charge in [-0.15, -0.1) is 0 Å². The zero-order valence-corrected chi connectivity index (χ0v) is 10.8. The van der Waals surface area contributed by atoms with Gasteiger partial charge in [-0.3, -0.25) is 9.36 Å². The van der Waals surface area contributed by atoms with Gasteiger partial charge in [0.1, 0.15) is 13.2 Å². The fourth-order valence-electron chi connectivity index (χ4n) is 1.61. The molecule has 0 fully saturated rings. The zero-order chi connectivity index (χ0) is 13.7. The molecule has 0 saturated carbocycles.